The van der Waals surface area contributed by atoms with E-state index < -0.39 is 4.92 Å². The normalized spacial score (nSPS) is 16.2. The van der Waals surface area contributed by atoms with Gasteiger partial charge in [0.25, 0.3) is 11.6 Å². The molecule has 1 aliphatic heterocycles. The topological polar surface area (TPSA) is 94.2 Å². The highest BCUT2D eigenvalue weighted by Gasteiger charge is 2.32. The predicted molar refractivity (Wildman–Crippen MR) is 100 cm³/mol. The third kappa shape index (κ3) is 2.99. The summed E-state index contributed by atoms with van der Waals surface area (Å²) in [5.41, 5.74) is 1.60. The van der Waals surface area contributed by atoms with Crippen molar-refractivity contribution >= 4 is 22.9 Å². The minimum atomic E-state index is -0.502. The molecule has 2 aromatic heterocycles. The molecule has 1 atom stereocenters. The summed E-state index contributed by atoms with van der Waals surface area (Å²) in [4.78, 5) is 31.1. The Morgan fingerprint density at radius 1 is 1.41 bits per heavy atom. The summed E-state index contributed by atoms with van der Waals surface area (Å²) >= 11 is 1.72. The molecule has 3 heterocycles. The number of hydrogen-bond donors (Lipinski definition) is 0. The lowest BCUT2D eigenvalue weighted by Gasteiger charge is -2.35. The van der Waals surface area contributed by atoms with Crippen LogP contribution < -0.4 is 0 Å². The Labute approximate surface area is 159 Å². The number of carbonyl (C=O) groups is 1. The third-order valence-corrected chi connectivity index (χ3v) is 5.82. The lowest BCUT2D eigenvalue weighted by molar-refractivity contribution is -0.384. The molecule has 9 heteroatoms. The van der Waals surface area contributed by atoms with E-state index in [2.05, 4.69) is 21.5 Å². The molecule has 1 amide bonds. The zero-order chi connectivity index (χ0) is 19.0. The van der Waals surface area contributed by atoms with E-state index in [1.54, 1.807) is 23.5 Å². The second-order valence-corrected chi connectivity index (χ2v) is 7.27. The van der Waals surface area contributed by atoms with Gasteiger partial charge in [0, 0.05) is 23.1 Å². The van der Waals surface area contributed by atoms with Crippen molar-refractivity contribution in [1.29, 1.82) is 0 Å². The zero-order valence-electron chi connectivity index (χ0n) is 14.6. The van der Waals surface area contributed by atoms with Crippen molar-refractivity contribution in [3.8, 4) is 5.69 Å². The van der Waals surface area contributed by atoms with Gasteiger partial charge in [0.05, 0.1) is 11.0 Å². The first kappa shape index (κ1) is 17.3. The molecular weight excluding hydrogens is 366 g/mol. The number of carbonyl (C=O) groups excluding carboxylic acids is 1. The molecule has 4 rings (SSSR count). The highest BCUT2D eigenvalue weighted by atomic mass is 32.1. The van der Waals surface area contributed by atoms with E-state index in [0.717, 1.165) is 12.8 Å². The van der Waals surface area contributed by atoms with Crippen LogP contribution in [-0.4, -0.2) is 37.0 Å². The number of hydrogen-bond acceptors (Lipinski definition) is 6. The second kappa shape index (κ2) is 6.92. The molecule has 0 saturated carbocycles. The van der Waals surface area contributed by atoms with Crippen LogP contribution in [0.1, 0.15) is 40.2 Å². The molecule has 0 fully saturated rings. The summed E-state index contributed by atoms with van der Waals surface area (Å²) in [5.74, 6) is -0.188. The molecule has 0 spiro atoms. The first-order valence-corrected chi connectivity index (χ1v) is 9.48. The highest BCUT2D eigenvalue weighted by molar-refractivity contribution is 7.10. The number of nitrogens with zero attached hydrogens (tertiary/aromatic N) is 5. The van der Waals surface area contributed by atoms with Crippen LogP contribution >= 0.6 is 11.3 Å². The molecule has 1 aromatic carbocycles. The summed E-state index contributed by atoms with van der Waals surface area (Å²) in [7, 11) is 0. The lowest BCUT2D eigenvalue weighted by atomic mass is 9.96. The van der Waals surface area contributed by atoms with E-state index in [1.807, 2.05) is 11.8 Å². The van der Waals surface area contributed by atoms with Gasteiger partial charge in [-0.1, -0.05) is 6.92 Å². The average molecular weight is 383 g/mol. The van der Waals surface area contributed by atoms with Gasteiger partial charge in [0.2, 0.25) is 0 Å². The molecule has 3 aromatic rings. The van der Waals surface area contributed by atoms with Crippen LogP contribution in [0.4, 0.5) is 5.69 Å². The zero-order valence-corrected chi connectivity index (χ0v) is 15.4. The summed E-state index contributed by atoms with van der Waals surface area (Å²) in [5, 5.41) is 17.5. The van der Waals surface area contributed by atoms with Crippen LogP contribution in [-0.2, 0) is 6.42 Å². The van der Waals surface area contributed by atoms with Crippen LogP contribution in [0.15, 0.2) is 42.3 Å². The van der Waals surface area contributed by atoms with E-state index in [0.29, 0.717) is 12.1 Å². The SMILES string of the molecule is CCC1c2ccsc2CCN1C(=O)c1ccc(-n2cncn2)c([N+](=O)[O-])c1. The molecule has 0 aliphatic carbocycles. The number of aromatic nitrogens is 3. The predicted octanol–water partition coefficient (Wildman–Crippen LogP) is 3.39. The molecule has 0 saturated heterocycles. The van der Waals surface area contributed by atoms with Gasteiger partial charge in [-0.3, -0.25) is 14.9 Å². The van der Waals surface area contributed by atoms with E-state index in [1.165, 1.54) is 33.8 Å². The number of rotatable bonds is 4. The highest BCUT2D eigenvalue weighted by Crippen LogP contribution is 2.36. The van der Waals surface area contributed by atoms with E-state index in [9.17, 15) is 14.9 Å². The molecule has 0 N–H and O–H groups in total. The third-order valence-electron chi connectivity index (χ3n) is 4.83. The Hall–Kier alpha value is -3.07. The number of thiophene rings is 1. The molecule has 138 valence electrons. The van der Waals surface area contributed by atoms with Gasteiger partial charge in [-0.15, -0.1) is 11.3 Å². The van der Waals surface area contributed by atoms with Crippen molar-refractivity contribution in [2.45, 2.75) is 25.8 Å². The van der Waals surface area contributed by atoms with Crippen molar-refractivity contribution < 1.29 is 9.72 Å². The first-order valence-electron chi connectivity index (χ1n) is 8.60. The molecule has 1 unspecified atom stereocenters. The summed E-state index contributed by atoms with van der Waals surface area (Å²) in [6.45, 7) is 2.66. The number of nitro groups is 1. The summed E-state index contributed by atoms with van der Waals surface area (Å²) < 4.78 is 1.32. The number of benzene rings is 1. The fourth-order valence-corrected chi connectivity index (χ4v) is 4.50. The molecule has 27 heavy (non-hydrogen) atoms. The number of fused-ring (bicyclic) bond motifs is 1. The van der Waals surface area contributed by atoms with Crippen LogP contribution in [0.2, 0.25) is 0 Å². The van der Waals surface area contributed by atoms with Crippen molar-refractivity contribution in [2.24, 2.45) is 0 Å². The van der Waals surface area contributed by atoms with E-state index in [4.69, 9.17) is 0 Å². The van der Waals surface area contributed by atoms with Crippen LogP contribution in [0, 0.1) is 10.1 Å². The van der Waals surface area contributed by atoms with Crippen molar-refractivity contribution in [3.05, 3.63) is 68.4 Å². The Morgan fingerprint density at radius 2 is 2.26 bits per heavy atom. The van der Waals surface area contributed by atoms with Gasteiger partial charge in [-0.2, -0.15) is 5.10 Å². The minimum absolute atomic E-state index is 0.00143. The lowest BCUT2D eigenvalue weighted by Crippen LogP contribution is -2.39. The second-order valence-electron chi connectivity index (χ2n) is 6.27. The molecule has 8 nitrogen and oxygen atoms in total. The van der Waals surface area contributed by atoms with E-state index in [-0.39, 0.29) is 23.3 Å². The Kier molecular flexibility index (Phi) is 4.44. The van der Waals surface area contributed by atoms with Gasteiger partial charge in [-0.05, 0) is 42.0 Å². The number of nitro benzene ring substituents is 1. The fraction of sp³-hybridized carbons (Fsp3) is 0.278. The smallest absolute Gasteiger partial charge is 0.295 e. The first-order chi connectivity index (χ1) is 13.1. The largest absolute Gasteiger partial charge is 0.331 e. The fourth-order valence-electron chi connectivity index (χ4n) is 3.57. The molecule has 0 bridgehead atoms. The van der Waals surface area contributed by atoms with Gasteiger partial charge in [-0.25, -0.2) is 9.67 Å². The summed E-state index contributed by atoms with van der Waals surface area (Å²) in [6, 6.07) is 6.56. The molecule has 1 aliphatic rings. The van der Waals surface area contributed by atoms with Crippen LogP contribution in [0.25, 0.3) is 5.69 Å². The summed E-state index contributed by atoms with van der Waals surface area (Å²) in [6.07, 6.45) is 4.31. The Bertz CT molecular complexity index is 998. The standard InChI is InChI=1S/C18H17N5O3S/c1-2-14-13-6-8-27-17(13)5-7-21(14)18(24)12-3-4-15(16(9-12)23(25)26)22-11-19-10-20-22/h3-4,6,8-11,14H,2,5,7H2,1H3. The maximum Gasteiger partial charge on any atom is 0.295 e. The molecule has 0 radical (unpaired) electrons. The van der Waals surface area contributed by atoms with Crippen molar-refractivity contribution in [3.63, 3.8) is 0 Å². The van der Waals surface area contributed by atoms with Gasteiger partial charge >= 0.3 is 0 Å². The molecular formula is C18H17N5O3S. The number of amides is 1. The Morgan fingerprint density at radius 3 is 2.96 bits per heavy atom. The maximum atomic E-state index is 13.1. The quantitative estimate of drug-likeness (QED) is 0.508. The van der Waals surface area contributed by atoms with E-state index >= 15 is 0 Å². The monoisotopic (exact) mass is 383 g/mol. The van der Waals surface area contributed by atoms with Gasteiger partial charge in [0.15, 0.2) is 0 Å². The van der Waals surface area contributed by atoms with Crippen LogP contribution in [0.5, 0.6) is 0 Å². The maximum absolute atomic E-state index is 13.1. The van der Waals surface area contributed by atoms with Gasteiger partial charge in [0.1, 0.15) is 18.3 Å². The van der Waals surface area contributed by atoms with Crippen molar-refractivity contribution in [1.82, 2.24) is 19.7 Å². The minimum Gasteiger partial charge on any atom is -0.331 e. The van der Waals surface area contributed by atoms with Crippen molar-refractivity contribution in [2.75, 3.05) is 6.54 Å². The van der Waals surface area contributed by atoms with Crippen LogP contribution in [0.3, 0.4) is 0 Å². The average Bonchev–Trinajstić information content (AvgIpc) is 3.37. The van der Waals surface area contributed by atoms with Gasteiger partial charge < -0.3 is 4.90 Å². The Balaban J connectivity index is 1.70.